The minimum Gasteiger partial charge on any atom is -0.293 e. The average Bonchev–Trinajstić information content (AvgIpc) is 3.03. The molecule has 7 heteroatoms. The number of benzene rings is 2. The van der Waals surface area contributed by atoms with E-state index in [9.17, 15) is 9.18 Å². The van der Waals surface area contributed by atoms with E-state index in [2.05, 4.69) is 26.1 Å². The number of halogens is 2. The molecule has 1 heterocycles. The summed E-state index contributed by atoms with van der Waals surface area (Å²) in [5.41, 5.74) is 0.975. The van der Waals surface area contributed by atoms with Crippen molar-refractivity contribution < 1.29 is 9.18 Å². The van der Waals surface area contributed by atoms with E-state index in [1.165, 1.54) is 24.2 Å². The number of nitrogens with zero attached hydrogens (tertiary/aromatic N) is 3. The van der Waals surface area contributed by atoms with Gasteiger partial charge in [0.15, 0.2) is 10.9 Å². The fraction of sp³-hybridized carbons (Fsp3) is 0.118. The molecule has 122 valence electrons. The molecule has 3 rings (SSSR count). The largest absolute Gasteiger partial charge is 0.293 e. The molecule has 0 saturated carbocycles. The molecule has 0 radical (unpaired) electrons. The smallest absolute Gasteiger partial charge is 0.196 e. The van der Waals surface area contributed by atoms with E-state index in [-0.39, 0.29) is 16.9 Å². The number of thioether (sulfide) groups is 1. The van der Waals surface area contributed by atoms with Crippen LogP contribution in [0.3, 0.4) is 0 Å². The van der Waals surface area contributed by atoms with E-state index in [1.807, 2.05) is 12.1 Å². The van der Waals surface area contributed by atoms with E-state index >= 15 is 0 Å². The number of aromatic nitrogens is 3. The third-order valence-corrected chi connectivity index (χ3v) is 4.99. The lowest BCUT2D eigenvalue weighted by Crippen LogP contribution is -2.14. The van der Waals surface area contributed by atoms with Gasteiger partial charge in [0.1, 0.15) is 12.1 Å². The molecule has 1 aromatic heterocycles. The first-order valence-electron chi connectivity index (χ1n) is 7.17. The highest BCUT2D eigenvalue weighted by Gasteiger charge is 2.20. The maximum absolute atomic E-state index is 14.0. The fourth-order valence-corrected chi connectivity index (χ4v) is 3.35. The third-order valence-electron chi connectivity index (χ3n) is 3.41. The van der Waals surface area contributed by atoms with Crippen molar-refractivity contribution in [2.45, 2.75) is 17.3 Å². The Morgan fingerprint density at radius 3 is 2.62 bits per heavy atom. The minimum atomic E-state index is -0.374. The van der Waals surface area contributed by atoms with Gasteiger partial charge in [0, 0.05) is 10.0 Å². The van der Waals surface area contributed by atoms with Crippen molar-refractivity contribution in [2.24, 2.45) is 0 Å². The van der Waals surface area contributed by atoms with Gasteiger partial charge < -0.3 is 0 Å². The number of ketones is 1. The Bertz CT molecular complexity index is 866. The highest BCUT2D eigenvalue weighted by Crippen LogP contribution is 2.27. The van der Waals surface area contributed by atoms with Crippen molar-refractivity contribution in [3.8, 4) is 5.69 Å². The molecule has 4 nitrogen and oxygen atoms in total. The first-order valence-corrected chi connectivity index (χ1v) is 8.85. The average molecular weight is 406 g/mol. The highest BCUT2D eigenvalue weighted by atomic mass is 79.9. The Balaban J connectivity index is 1.82. The van der Waals surface area contributed by atoms with Crippen LogP contribution in [0, 0.1) is 5.82 Å². The predicted octanol–water partition coefficient (Wildman–Crippen LogP) is 4.53. The number of hydrogen-bond donors (Lipinski definition) is 0. The van der Waals surface area contributed by atoms with Gasteiger partial charge in [-0.1, -0.05) is 52.0 Å². The standard InChI is InChI=1S/C17H13BrFN3OS/c1-11(16(23)12-6-8-13(18)9-7-12)24-17-21-20-10-22(17)15-5-3-2-4-14(15)19/h2-11H,1H3/t11-/m0/s1. The molecular weight excluding hydrogens is 393 g/mol. The molecule has 0 unspecified atom stereocenters. The molecule has 0 bridgehead atoms. The third kappa shape index (κ3) is 3.57. The zero-order chi connectivity index (χ0) is 17.1. The Morgan fingerprint density at radius 2 is 1.92 bits per heavy atom. The van der Waals surface area contributed by atoms with Crippen LogP contribution < -0.4 is 0 Å². The summed E-state index contributed by atoms with van der Waals surface area (Å²) in [7, 11) is 0. The molecule has 0 aliphatic heterocycles. The second-order valence-electron chi connectivity index (χ2n) is 5.07. The molecule has 3 aromatic rings. The number of para-hydroxylation sites is 1. The second-order valence-corrected chi connectivity index (χ2v) is 7.29. The van der Waals surface area contributed by atoms with Crippen molar-refractivity contribution in [1.82, 2.24) is 14.8 Å². The summed E-state index contributed by atoms with van der Waals surface area (Å²) in [5, 5.41) is 7.95. The Kier molecular flexibility index (Phi) is 5.11. The van der Waals surface area contributed by atoms with Crippen molar-refractivity contribution in [3.63, 3.8) is 0 Å². The van der Waals surface area contributed by atoms with Crippen LogP contribution in [-0.2, 0) is 0 Å². The summed E-state index contributed by atoms with van der Waals surface area (Å²) >= 11 is 4.60. The zero-order valence-corrected chi connectivity index (χ0v) is 15.1. The Morgan fingerprint density at radius 1 is 1.21 bits per heavy atom. The molecule has 0 aliphatic carbocycles. The van der Waals surface area contributed by atoms with Crippen LogP contribution in [-0.4, -0.2) is 25.8 Å². The summed E-state index contributed by atoms with van der Waals surface area (Å²) < 4.78 is 16.4. The number of rotatable bonds is 5. The van der Waals surface area contributed by atoms with Gasteiger partial charge in [0.2, 0.25) is 0 Å². The molecule has 24 heavy (non-hydrogen) atoms. The van der Waals surface area contributed by atoms with Crippen LogP contribution in [0.4, 0.5) is 4.39 Å². The van der Waals surface area contributed by atoms with Crippen molar-refractivity contribution in [3.05, 3.63) is 70.7 Å². The lowest BCUT2D eigenvalue weighted by molar-refractivity contribution is 0.0994. The molecule has 0 N–H and O–H groups in total. The molecular formula is C17H13BrFN3OS. The summed E-state index contributed by atoms with van der Waals surface area (Å²) in [6.07, 6.45) is 1.44. The van der Waals surface area contributed by atoms with Gasteiger partial charge in [-0.2, -0.15) is 0 Å². The lowest BCUT2D eigenvalue weighted by atomic mass is 10.1. The van der Waals surface area contributed by atoms with Crippen molar-refractivity contribution >= 4 is 33.5 Å². The molecule has 0 fully saturated rings. The van der Waals surface area contributed by atoms with Crippen LogP contribution in [0.15, 0.2) is 64.5 Å². The number of carbonyl (C=O) groups is 1. The zero-order valence-electron chi connectivity index (χ0n) is 12.7. The highest BCUT2D eigenvalue weighted by molar-refractivity contribution is 9.10. The molecule has 1 atom stereocenters. The monoisotopic (exact) mass is 405 g/mol. The summed E-state index contributed by atoms with van der Waals surface area (Å²) in [6.45, 7) is 1.80. The topological polar surface area (TPSA) is 47.8 Å². The molecule has 0 aliphatic rings. The summed E-state index contributed by atoms with van der Waals surface area (Å²) in [4.78, 5) is 12.5. The van der Waals surface area contributed by atoms with E-state index in [0.717, 1.165) is 4.47 Å². The minimum absolute atomic E-state index is 0.0180. The van der Waals surface area contributed by atoms with E-state index < -0.39 is 0 Å². The maximum Gasteiger partial charge on any atom is 0.196 e. The van der Waals surface area contributed by atoms with Gasteiger partial charge in [-0.15, -0.1) is 10.2 Å². The van der Waals surface area contributed by atoms with Crippen molar-refractivity contribution in [2.75, 3.05) is 0 Å². The molecule has 2 aromatic carbocycles. The maximum atomic E-state index is 14.0. The Hall–Kier alpha value is -1.99. The van der Waals surface area contributed by atoms with Crippen LogP contribution in [0.5, 0.6) is 0 Å². The summed E-state index contributed by atoms with van der Waals surface area (Å²) in [6, 6.07) is 13.6. The predicted molar refractivity (Wildman–Crippen MR) is 95.1 cm³/mol. The van der Waals surface area contributed by atoms with E-state index in [1.54, 1.807) is 41.8 Å². The fourth-order valence-electron chi connectivity index (χ4n) is 2.18. The van der Waals surface area contributed by atoms with Gasteiger partial charge in [-0.05, 0) is 31.2 Å². The molecule has 0 spiro atoms. The number of hydrogen-bond acceptors (Lipinski definition) is 4. The first kappa shape index (κ1) is 16.9. The lowest BCUT2D eigenvalue weighted by Gasteiger charge is -2.11. The van der Waals surface area contributed by atoms with Gasteiger partial charge >= 0.3 is 0 Å². The van der Waals surface area contributed by atoms with Crippen molar-refractivity contribution in [1.29, 1.82) is 0 Å². The van der Waals surface area contributed by atoms with Crippen LogP contribution >= 0.6 is 27.7 Å². The quantitative estimate of drug-likeness (QED) is 0.461. The SMILES string of the molecule is C[C@H](Sc1nncn1-c1ccccc1F)C(=O)c1ccc(Br)cc1. The van der Waals surface area contributed by atoms with Gasteiger partial charge in [-0.25, -0.2) is 4.39 Å². The number of Topliss-reactive ketones (excluding diaryl/α,β-unsaturated/α-hetero) is 1. The van der Waals surface area contributed by atoms with Crippen LogP contribution in [0.25, 0.3) is 5.69 Å². The van der Waals surface area contributed by atoms with Gasteiger partial charge in [-0.3, -0.25) is 9.36 Å². The summed E-state index contributed by atoms with van der Waals surface area (Å²) in [5.74, 6) is -0.387. The van der Waals surface area contributed by atoms with E-state index in [0.29, 0.717) is 16.4 Å². The van der Waals surface area contributed by atoms with Crippen LogP contribution in [0.1, 0.15) is 17.3 Å². The normalized spacial score (nSPS) is 12.1. The second kappa shape index (κ2) is 7.27. The molecule has 0 saturated heterocycles. The first-order chi connectivity index (χ1) is 11.6. The van der Waals surface area contributed by atoms with Gasteiger partial charge in [0.25, 0.3) is 0 Å². The molecule has 0 amide bonds. The van der Waals surface area contributed by atoms with Gasteiger partial charge in [0.05, 0.1) is 10.9 Å². The van der Waals surface area contributed by atoms with E-state index in [4.69, 9.17) is 0 Å². The van der Waals surface area contributed by atoms with Crippen LogP contribution in [0.2, 0.25) is 0 Å². The number of carbonyl (C=O) groups excluding carboxylic acids is 1. The Labute approximate surface area is 151 Å².